The second-order valence-corrected chi connectivity index (χ2v) is 6.94. The van der Waals surface area contributed by atoms with Crippen LogP contribution in [0.15, 0.2) is 23.4 Å². The smallest absolute Gasteiger partial charge is 0.253 e. The van der Waals surface area contributed by atoms with Crippen LogP contribution in [0.25, 0.3) is 0 Å². The minimum Gasteiger partial charge on any atom is -0.342 e. The van der Waals surface area contributed by atoms with Crippen molar-refractivity contribution < 1.29 is 4.79 Å². The normalized spacial score (nSPS) is 23.9. The fourth-order valence-electron chi connectivity index (χ4n) is 3.76. The summed E-state index contributed by atoms with van der Waals surface area (Å²) in [5, 5.41) is 0. The van der Waals surface area contributed by atoms with Gasteiger partial charge in [-0.15, -0.1) is 0 Å². The Labute approximate surface area is 137 Å². The predicted molar refractivity (Wildman–Crippen MR) is 88.0 cm³/mol. The number of carbonyl (C=O) groups excluding carboxylic acids is 1. The first-order chi connectivity index (χ1) is 11.1. The standard InChI is InChI=1S/C17H26N4O2/c1-19-8-2-3-15(12-19)17(23)20-9-5-14(6-10-20)11-21-13-18-7-4-16(21)22/h4,7,13-15H,2-3,5-6,8-12H2,1H3. The molecule has 6 heteroatoms. The van der Waals surface area contributed by atoms with E-state index >= 15 is 0 Å². The van der Waals surface area contributed by atoms with E-state index in [1.165, 1.54) is 12.3 Å². The van der Waals surface area contributed by atoms with Crippen LogP contribution in [0.3, 0.4) is 0 Å². The van der Waals surface area contributed by atoms with E-state index in [1.807, 2.05) is 4.90 Å². The molecule has 2 saturated heterocycles. The molecule has 1 unspecified atom stereocenters. The van der Waals surface area contributed by atoms with Gasteiger partial charge in [0.1, 0.15) is 0 Å². The molecule has 1 aromatic heterocycles. The highest BCUT2D eigenvalue weighted by atomic mass is 16.2. The lowest BCUT2D eigenvalue weighted by Gasteiger charge is -2.37. The van der Waals surface area contributed by atoms with Crippen molar-refractivity contribution in [3.05, 3.63) is 28.9 Å². The fourth-order valence-corrected chi connectivity index (χ4v) is 3.76. The summed E-state index contributed by atoms with van der Waals surface area (Å²) in [6, 6.07) is 1.50. The summed E-state index contributed by atoms with van der Waals surface area (Å²) in [7, 11) is 2.09. The molecule has 6 nitrogen and oxygen atoms in total. The number of aromatic nitrogens is 2. The third kappa shape index (κ3) is 3.99. The van der Waals surface area contributed by atoms with Crippen LogP contribution in [0.4, 0.5) is 0 Å². The molecule has 0 bridgehead atoms. The summed E-state index contributed by atoms with van der Waals surface area (Å²) >= 11 is 0. The molecule has 2 fully saturated rings. The summed E-state index contributed by atoms with van der Waals surface area (Å²) in [5.41, 5.74) is 0.00347. The van der Waals surface area contributed by atoms with Crippen LogP contribution in [0.2, 0.25) is 0 Å². The Morgan fingerprint density at radius 3 is 2.74 bits per heavy atom. The van der Waals surface area contributed by atoms with Gasteiger partial charge in [-0.1, -0.05) is 0 Å². The molecule has 0 N–H and O–H groups in total. The van der Waals surface area contributed by atoms with Gasteiger partial charge in [0, 0.05) is 38.4 Å². The zero-order valence-corrected chi connectivity index (χ0v) is 13.9. The van der Waals surface area contributed by atoms with Gasteiger partial charge in [-0.25, -0.2) is 4.98 Å². The van der Waals surface area contributed by atoms with Crippen LogP contribution in [-0.4, -0.2) is 58.5 Å². The molecule has 0 radical (unpaired) electrons. The van der Waals surface area contributed by atoms with Crippen LogP contribution >= 0.6 is 0 Å². The van der Waals surface area contributed by atoms with Gasteiger partial charge < -0.3 is 9.80 Å². The molecule has 3 rings (SSSR count). The van der Waals surface area contributed by atoms with Crippen molar-refractivity contribution in [3.63, 3.8) is 0 Å². The Morgan fingerprint density at radius 2 is 2.04 bits per heavy atom. The maximum atomic E-state index is 12.7. The van der Waals surface area contributed by atoms with E-state index < -0.39 is 0 Å². The molecular formula is C17H26N4O2. The maximum absolute atomic E-state index is 12.7. The number of rotatable bonds is 3. The molecule has 0 saturated carbocycles. The van der Waals surface area contributed by atoms with E-state index in [0.29, 0.717) is 18.4 Å². The fraction of sp³-hybridized carbons (Fsp3) is 0.706. The van der Waals surface area contributed by atoms with E-state index in [9.17, 15) is 9.59 Å². The molecule has 3 heterocycles. The van der Waals surface area contributed by atoms with Gasteiger partial charge >= 0.3 is 0 Å². The van der Waals surface area contributed by atoms with Gasteiger partial charge in [-0.2, -0.15) is 0 Å². The molecule has 0 aromatic carbocycles. The lowest BCUT2D eigenvalue weighted by Crippen LogP contribution is -2.46. The highest BCUT2D eigenvalue weighted by Crippen LogP contribution is 2.23. The minimum absolute atomic E-state index is 0.00347. The first-order valence-electron chi connectivity index (χ1n) is 8.61. The largest absolute Gasteiger partial charge is 0.342 e. The number of hydrogen-bond acceptors (Lipinski definition) is 4. The number of hydrogen-bond donors (Lipinski definition) is 0. The molecule has 0 aliphatic carbocycles. The molecule has 1 amide bonds. The van der Waals surface area contributed by atoms with Crippen molar-refractivity contribution >= 4 is 5.91 Å². The Hall–Kier alpha value is -1.69. The Balaban J connectivity index is 1.51. The Kier molecular flexibility index (Phi) is 5.10. The predicted octanol–water partition coefficient (Wildman–Crippen LogP) is 0.824. The van der Waals surface area contributed by atoms with Gasteiger partial charge in [0.2, 0.25) is 5.91 Å². The lowest BCUT2D eigenvalue weighted by atomic mass is 9.93. The van der Waals surface area contributed by atoms with Crippen molar-refractivity contribution in [2.45, 2.75) is 32.2 Å². The third-order valence-corrected chi connectivity index (χ3v) is 5.15. The van der Waals surface area contributed by atoms with Crippen molar-refractivity contribution in [2.24, 2.45) is 11.8 Å². The summed E-state index contributed by atoms with van der Waals surface area (Å²) in [4.78, 5) is 32.7. The zero-order chi connectivity index (χ0) is 16.2. The van der Waals surface area contributed by atoms with E-state index in [-0.39, 0.29) is 11.5 Å². The van der Waals surface area contributed by atoms with Gasteiger partial charge in [0.15, 0.2) is 0 Å². The van der Waals surface area contributed by atoms with Gasteiger partial charge in [-0.3, -0.25) is 14.2 Å². The number of carbonyl (C=O) groups is 1. The average Bonchev–Trinajstić information content (AvgIpc) is 2.57. The molecule has 126 valence electrons. The molecule has 1 atom stereocenters. The SMILES string of the molecule is CN1CCCC(C(=O)N2CCC(Cn3cnccc3=O)CC2)C1. The zero-order valence-electron chi connectivity index (χ0n) is 13.9. The van der Waals surface area contributed by atoms with Crippen LogP contribution in [-0.2, 0) is 11.3 Å². The number of nitrogens with zero attached hydrogens (tertiary/aromatic N) is 4. The average molecular weight is 318 g/mol. The van der Waals surface area contributed by atoms with E-state index in [0.717, 1.165) is 51.9 Å². The number of piperidine rings is 2. The number of amides is 1. The van der Waals surface area contributed by atoms with E-state index in [1.54, 1.807) is 10.9 Å². The Bertz CT molecular complexity index is 592. The summed E-state index contributed by atoms with van der Waals surface area (Å²) < 4.78 is 1.68. The van der Waals surface area contributed by atoms with Crippen molar-refractivity contribution in [1.82, 2.24) is 19.4 Å². The number of likely N-dealkylation sites (tertiary alicyclic amines) is 2. The highest BCUT2D eigenvalue weighted by Gasteiger charge is 2.30. The van der Waals surface area contributed by atoms with Crippen LogP contribution in [0, 0.1) is 11.8 Å². The monoisotopic (exact) mass is 318 g/mol. The summed E-state index contributed by atoms with van der Waals surface area (Å²) in [5.74, 6) is 0.953. The minimum atomic E-state index is 0.00347. The van der Waals surface area contributed by atoms with Gasteiger partial charge in [0.05, 0.1) is 12.2 Å². The van der Waals surface area contributed by atoms with Gasteiger partial charge in [-0.05, 0) is 45.2 Å². The molecule has 0 spiro atoms. The quantitative estimate of drug-likeness (QED) is 0.828. The van der Waals surface area contributed by atoms with Crippen LogP contribution in [0.1, 0.15) is 25.7 Å². The van der Waals surface area contributed by atoms with Crippen LogP contribution in [0.5, 0.6) is 0 Å². The first kappa shape index (κ1) is 16.2. The first-order valence-corrected chi connectivity index (χ1v) is 8.61. The van der Waals surface area contributed by atoms with Crippen LogP contribution < -0.4 is 5.56 Å². The Morgan fingerprint density at radius 1 is 1.26 bits per heavy atom. The second-order valence-electron chi connectivity index (χ2n) is 6.94. The third-order valence-electron chi connectivity index (χ3n) is 5.15. The highest BCUT2D eigenvalue weighted by molar-refractivity contribution is 5.79. The van der Waals surface area contributed by atoms with Gasteiger partial charge in [0.25, 0.3) is 5.56 Å². The molecule has 2 aliphatic heterocycles. The van der Waals surface area contributed by atoms with E-state index in [4.69, 9.17) is 0 Å². The molecule has 23 heavy (non-hydrogen) atoms. The lowest BCUT2D eigenvalue weighted by molar-refractivity contribution is -0.138. The second kappa shape index (κ2) is 7.25. The van der Waals surface area contributed by atoms with Crippen molar-refractivity contribution in [2.75, 3.05) is 33.2 Å². The molecule has 2 aliphatic rings. The van der Waals surface area contributed by atoms with Crippen molar-refractivity contribution in [3.8, 4) is 0 Å². The summed E-state index contributed by atoms with van der Waals surface area (Å²) in [6.07, 6.45) is 7.21. The maximum Gasteiger partial charge on any atom is 0.253 e. The van der Waals surface area contributed by atoms with E-state index in [2.05, 4.69) is 16.9 Å². The van der Waals surface area contributed by atoms with Crippen molar-refractivity contribution in [1.29, 1.82) is 0 Å². The topological polar surface area (TPSA) is 58.4 Å². The molecular weight excluding hydrogens is 292 g/mol. The molecule has 1 aromatic rings. The summed E-state index contributed by atoms with van der Waals surface area (Å²) in [6.45, 7) is 4.34.